The minimum atomic E-state index is -0.486. The number of oxime groups is 1. The highest BCUT2D eigenvalue weighted by Gasteiger charge is 2.17. The van der Waals surface area contributed by atoms with Gasteiger partial charge in [-0.25, -0.2) is 0 Å². The lowest BCUT2D eigenvalue weighted by atomic mass is 10.1. The van der Waals surface area contributed by atoms with E-state index in [1.165, 1.54) is 0 Å². The standard InChI is InChI=1S/C19H20N4O2/c1-13-8-6-7-11-16(13)18-21-19(25-23-18)14(2)24-22-17(20)12-15-9-4-3-5-10-15/h3-11,14H,12H2,1-2H3,(H2,20,22)/t14-/m1/s1. The number of hydrogen-bond acceptors (Lipinski definition) is 5. The Bertz CT molecular complexity index is 859. The second kappa shape index (κ2) is 7.61. The van der Waals surface area contributed by atoms with Gasteiger partial charge in [0.25, 0.3) is 5.89 Å². The van der Waals surface area contributed by atoms with E-state index in [0.29, 0.717) is 24.0 Å². The zero-order valence-corrected chi connectivity index (χ0v) is 14.2. The molecule has 0 saturated heterocycles. The van der Waals surface area contributed by atoms with Gasteiger partial charge >= 0.3 is 0 Å². The number of benzene rings is 2. The Morgan fingerprint density at radius 3 is 2.64 bits per heavy atom. The number of nitrogens with zero attached hydrogens (tertiary/aromatic N) is 3. The van der Waals surface area contributed by atoms with Crippen molar-refractivity contribution in [1.82, 2.24) is 10.1 Å². The van der Waals surface area contributed by atoms with Gasteiger partial charge in [-0.05, 0) is 25.0 Å². The highest BCUT2D eigenvalue weighted by Crippen LogP contribution is 2.23. The average Bonchev–Trinajstić information content (AvgIpc) is 3.11. The maximum absolute atomic E-state index is 5.91. The number of rotatable bonds is 6. The van der Waals surface area contributed by atoms with Crippen molar-refractivity contribution in [2.75, 3.05) is 0 Å². The SMILES string of the molecule is Cc1ccccc1-c1noc([C@@H](C)O/N=C(\N)Cc2ccccc2)n1. The van der Waals surface area contributed by atoms with Crippen LogP contribution in [0.5, 0.6) is 0 Å². The van der Waals surface area contributed by atoms with Crippen LogP contribution >= 0.6 is 0 Å². The smallest absolute Gasteiger partial charge is 0.270 e. The molecule has 1 heterocycles. The molecule has 6 heteroatoms. The second-order valence-corrected chi connectivity index (χ2v) is 5.76. The molecule has 0 saturated carbocycles. The molecule has 3 rings (SSSR count). The number of nitrogens with two attached hydrogens (primary N) is 1. The van der Waals surface area contributed by atoms with Gasteiger partial charge in [-0.3, -0.25) is 0 Å². The van der Waals surface area contributed by atoms with E-state index < -0.39 is 6.10 Å². The van der Waals surface area contributed by atoms with Crippen molar-refractivity contribution in [3.05, 3.63) is 71.6 Å². The molecule has 3 aromatic rings. The predicted octanol–water partition coefficient (Wildman–Crippen LogP) is 3.64. The van der Waals surface area contributed by atoms with Crippen LogP contribution in [0.3, 0.4) is 0 Å². The lowest BCUT2D eigenvalue weighted by Gasteiger charge is -2.06. The van der Waals surface area contributed by atoms with E-state index in [4.69, 9.17) is 15.1 Å². The molecule has 1 atom stereocenters. The molecular weight excluding hydrogens is 316 g/mol. The van der Waals surface area contributed by atoms with E-state index in [1.807, 2.05) is 61.5 Å². The van der Waals surface area contributed by atoms with Crippen LogP contribution in [-0.2, 0) is 11.3 Å². The summed E-state index contributed by atoms with van der Waals surface area (Å²) in [6.45, 7) is 3.79. The molecule has 0 amide bonds. The fourth-order valence-electron chi connectivity index (χ4n) is 2.36. The lowest BCUT2D eigenvalue weighted by molar-refractivity contribution is 0.0475. The summed E-state index contributed by atoms with van der Waals surface area (Å²) in [7, 11) is 0. The van der Waals surface area contributed by atoms with Crippen LogP contribution in [0, 0.1) is 6.92 Å². The van der Waals surface area contributed by atoms with Crippen molar-refractivity contribution in [1.29, 1.82) is 0 Å². The van der Waals surface area contributed by atoms with Gasteiger partial charge in [-0.15, -0.1) is 0 Å². The number of aryl methyl sites for hydroxylation is 1. The quantitative estimate of drug-likeness (QED) is 0.422. The van der Waals surface area contributed by atoms with Crippen molar-refractivity contribution in [2.24, 2.45) is 10.9 Å². The van der Waals surface area contributed by atoms with Gasteiger partial charge in [-0.1, -0.05) is 64.9 Å². The van der Waals surface area contributed by atoms with Gasteiger partial charge in [-0.2, -0.15) is 4.98 Å². The predicted molar refractivity (Wildman–Crippen MR) is 95.7 cm³/mol. The van der Waals surface area contributed by atoms with E-state index in [0.717, 1.165) is 16.7 Å². The van der Waals surface area contributed by atoms with Crippen molar-refractivity contribution >= 4 is 5.84 Å². The van der Waals surface area contributed by atoms with Crippen molar-refractivity contribution in [3.8, 4) is 11.4 Å². The highest BCUT2D eigenvalue weighted by molar-refractivity contribution is 5.82. The summed E-state index contributed by atoms with van der Waals surface area (Å²) in [6.07, 6.45) is 0.0332. The van der Waals surface area contributed by atoms with Gasteiger partial charge in [0.05, 0.1) is 0 Å². The molecule has 0 spiro atoms. The Morgan fingerprint density at radius 1 is 1.16 bits per heavy atom. The Morgan fingerprint density at radius 2 is 1.88 bits per heavy atom. The second-order valence-electron chi connectivity index (χ2n) is 5.76. The minimum Gasteiger partial charge on any atom is -0.384 e. The molecule has 0 fully saturated rings. The number of aromatic nitrogens is 2. The Hall–Kier alpha value is -3.15. The molecule has 6 nitrogen and oxygen atoms in total. The lowest BCUT2D eigenvalue weighted by Crippen LogP contribution is -2.16. The molecule has 128 valence electrons. The van der Waals surface area contributed by atoms with Gasteiger partial charge in [0, 0.05) is 12.0 Å². The summed E-state index contributed by atoms with van der Waals surface area (Å²) < 4.78 is 5.29. The molecule has 0 radical (unpaired) electrons. The third-order valence-electron chi connectivity index (χ3n) is 3.73. The van der Waals surface area contributed by atoms with E-state index in [-0.39, 0.29) is 0 Å². The molecule has 0 aliphatic rings. The zero-order chi connectivity index (χ0) is 17.6. The van der Waals surface area contributed by atoms with Crippen LogP contribution in [0.1, 0.15) is 30.0 Å². The minimum absolute atomic E-state index is 0.356. The van der Waals surface area contributed by atoms with Crippen LogP contribution < -0.4 is 5.73 Å². The van der Waals surface area contributed by atoms with Gasteiger partial charge in [0.1, 0.15) is 5.84 Å². The molecular formula is C19H20N4O2. The van der Waals surface area contributed by atoms with E-state index in [1.54, 1.807) is 6.92 Å². The Balaban J connectivity index is 1.65. The summed E-state index contributed by atoms with van der Waals surface area (Å²) in [5.74, 6) is 1.27. The van der Waals surface area contributed by atoms with Crippen LogP contribution in [-0.4, -0.2) is 16.0 Å². The van der Waals surface area contributed by atoms with E-state index in [2.05, 4.69) is 15.3 Å². The zero-order valence-electron chi connectivity index (χ0n) is 14.2. The van der Waals surface area contributed by atoms with Gasteiger partial charge < -0.3 is 15.1 Å². The monoisotopic (exact) mass is 336 g/mol. The summed E-state index contributed by atoms with van der Waals surface area (Å²) in [4.78, 5) is 9.80. The summed E-state index contributed by atoms with van der Waals surface area (Å²) in [5.41, 5.74) is 8.98. The Kier molecular flexibility index (Phi) is 5.09. The maximum atomic E-state index is 5.91. The number of amidine groups is 1. The topological polar surface area (TPSA) is 86.5 Å². The first-order valence-corrected chi connectivity index (χ1v) is 8.05. The molecule has 0 aliphatic heterocycles. The highest BCUT2D eigenvalue weighted by atomic mass is 16.6. The fraction of sp³-hybridized carbons (Fsp3) is 0.211. The third kappa shape index (κ3) is 4.23. The summed E-state index contributed by atoms with van der Waals surface area (Å²) >= 11 is 0. The first kappa shape index (κ1) is 16.7. The molecule has 0 unspecified atom stereocenters. The van der Waals surface area contributed by atoms with Gasteiger partial charge in [0.2, 0.25) is 11.9 Å². The van der Waals surface area contributed by atoms with Crippen LogP contribution in [0.25, 0.3) is 11.4 Å². The van der Waals surface area contributed by atoms with Crippen LogP contribution in [0.2, 0.25) is 0 Å². The molecule has 1 aromatic heterocycles. The molecule has 0 aliphatic carbocycles. The van der Waals surface area contributed by atoms with Crippen LogP contribution in [0.4, 0.5) is 0 Å². The Labute approximate surface area is 146 Å². The summed E-state index contributed by atoms with van der Waals surface area (Å²) in [6, 6.07) is 17.7. The van der Waals surface area contributed by atoms with Crippen molar-refractivity contribution < 1.29 is 9.36 Å². The molecule has 2 N–H and O–H groups in total. The summed E-state index contributed by atoms with van der Waals surface area (Å²) in [5, 5.41) is 7.98. The molecule has 0 bridgehead atoms. The average molecular weight is 336 g/mol. The largest absolute Gasteiger partial charge is 0.384 e. The number of hydrogen-bond donors (Lipinski definition) is 1. The molecule has 25 heavy (non-hydrogen) atoms. The van der Waals surface area contributed by atoms with E-state index in [9.17, 15) is 0 Å². The van der Waals surface area contributed by atoms with Gasteiger partial charge in [0.15, 0.2) is 0 Å². The van der Waals surface area contributed by atoms with E-state index >= 15 is 0 Å². The van der Waals surface area contributed by atoms with Crippen LogP contribution in [0.15, 0.2) is 64.3 Å². The normalized spacial score (nSPS) is 12.8. The fourth-order valence-corrected chi connectivity index (χ4v) is 2.36. The van der Waals surface area contributed by atoms with Crippen molar-refractivity contribution in [2.45, 2.75) is 26.4 Å². The van der Waals surface area contributed by atoms with Crippen molar-refractivity contribution in [3.63, 3.8) is 0 Å². The first-order chi connectivity index (χ1) is 12.1. The first-order valence-electron chi connectivity index (χ1n) is 8.05. The molecule has 2 aromatic carbocycles. The maximum Gasteiger partial charge on any atom is 0.270 e. The third-order valence-corrected chi connectivity index (χ3v) is 3.73.